The molecule has 1 aromatic rings. The van der Waals surface area contributed by atoms with Gasteiger partial charge >= 0.3 is 0 Å². The fourth-order valence-electron chi connectivity index (χ4n) is 3.11. The number of rotatable bonds is 3. The van der Waals surface area contributed by atoms with Crippen LogP contribution in [0.2, 0.25) is 0 Å². The Morgan fingerprint density at radius 2 is 2.25 bits per heavy atom. The van der Waals surface area contributed by atoms with Crippen LogP contribution < -0.4 is 0 Å². The fourth-order valence-corrected chi connectivity index (χ4v) is 3.11. The predicted octanol–water partition coefficient (Wildman–Crippen LogP) is -0.474. The van der Waals surface area contributed by atoms with Gasteiger partial charge in [0.1, 0.15) is 12.2 Å². The summed E-state index contributed by atoms with van der Waals surface area (Å²) in [6.07, 6.45) is 1.74. The number of nitrogens with zero attached hydrogens (tertiary/aromatic N) is 4. The molecule has 7 heteroatoms. The second-order valence-electron chi connectivity index (χ2n) is 5.60. The van der Waals surface area contributed by atoms with E-state index in [2.05, 4.69) is 27.0 Å². The minimum absolute atomic E-state index is 0.129. The van der Waals surface area contributed by atoms with Crippen molar-refractivity contribution >= 4 is 5.91 Å². The van der Waals surface area contributed by atoms with E-state index in [9.17, 15) is 4.79 Å². The molecule has 2 aliphatic heterocycles. The number of hydrogen-bond donors (Lipinski definition) is 1. The van der Waals surface area contributed by atoms with Crippen LogP contribution in [0.25, 0.3) is 0 Å². The third kappa shape index (κ3) is 2.83. The van der Waals surface area contributed by atoms with Crippen molar-refractivity contribution in [1.82, 2.24) is 25.0 Å². The molecule has 7 nitrogen and oxygen atoms in total. The van der Waals surface area contributed by atoms with Gasteiger partial charge in [0.25, 0.3) is 0 Å². The molecule has 2 fully saturated rings. The van der Waals surface area contributed by atoms with E-state index in [4.69, 9.17) is 4.74 Å². The first-order chi connectivity index (χ1) is 9.74. The van der Waals surface area contributed by atoms with Gasteiger partial charge in [-0.05, 0) is 5.92 Å². The number of nitrogens with one attached hydrogen (secondary N) is 1. The molecule has 3 rings (SSSR count). The largest absolute Gasteiger partial charge is 0.379 e. The van der Waals surface area contributed by atoms with Crippen LogP contribution in [-0.2, 0) is 16.0 Å². The monoisotopic (exact) mass is 279 g/mol. The number of H-pyrrole nitrogens is 1. The highest BCUT2D eigenvalue weighted by molar-refractivity contribution is 5.78. The first kappa shape index (κ1) is 13.5. The van der Waals surface area contributed by atoms with E-state index in [0.29, 0.717) is 24.2 Å². The molecule has 0 radical (unpaired) electrons. The molecule has 3 heterocycles. The number of ether oxygens (including phenoxy) is 1. The second kappa shape index (κ2) is 5.88. The predicted molar refractivity (Wildman–Crippen MR) is 72.0 cm³/mol. The lowest BCUT2D eigenvalue weighted by atomic mass is 10.0. The zero-order valence-corrected chi connectivity index (χ0v) is 11.8. The Balaban J connectivity index is 1.58. The zero-order chi connectivity index (χ0) is 13.9. The highest BCUT2D eigenvalue weighted by atomic mass is 16.5. The van der Waals surface area contributed by atoms with Crippen LogP contribution in [0.1, 0.15) is 12.7 Å². The number of carbonyl (C=O) groups is 1. The van der Waals surface area contributed by atoms with E-state index in [1.807, 2.05) is 4.90 Å². The summed E-state index contributed by atoms with van der Waals surface area (Å²) >= 11 is 0. The molecule has 20 heavy (non-hydrogen) atoms. The summed E-state index contributed by atoms with van der Waals surface area (Å²) in [5.41, 5.74) is 0. The molecular weight excluding hydrogens is 258 g/mol. The summed E-state index contributed by atoms with van der Waals surface area (Å²) in [4.78, 5) is 20.7. The summed E-state index contributed by atoms with van der Waals surface area (Å²) in [6.45, 7) is 7.41. The van der Waals surface area contributed by atoms with Crippen molar-refractivity contribution in [3.05, 3.63) is 12.2 Å². The number of amides is 1. The molecule has 0 bridgehead atoms. The highest BCUT2D eigenvalue weighted by Crippen LogP contribution is 2.23. The molecule has 2 saturated heterocycles. The van der Waals surface area contributed by atoms with E-state index in [0.717, 1.165) is 39.4 Å². The van der Waals surface area contributed by atoms with E-state index in [1.165, 1.54) is 6.33 Å². The molecule has 0 spiro atoms. The van der Waals surface area contributed by atoms with Crippen molar-refractivity contribution in [1.29, 1.82) is 0 Å². The number of morpholine rings is 1. The second-order valence-corrected chi connectivity index (χ2v) is 5.60. The smallest absolute Gasteiger partial charge is 0.230 e. The maximum atomic E-state index is 12.3. The van der Waals surface area contributed by atoms with Crippen LogP contribution in [0, 0.1) is 5.92 Å². The van der Waals surface area contributed by atoms with Gasteiger partial charge in [-0.2, -0.15) is 5.10 Å². The minimum Gasteiger partial charge on any atom is -0.379 e. The molecule has 1 aromatic heterocycles. The molecule has 0 saturated carbocycles. The molecule has 1 amide bonds. The Morgan fingerprint density at radius 3 is 2.95 bits per heavy atom. The van der Waals surface area contributed by atoms with E-state index < -0.39 is 0 Å². The molecule has 110 valence electrons. The summed E-state index contributed by atoms with van der Waals surface area (Å²) < 4.78 is 5.40. The number of hydrogen-bond acceptors (Lipinski definition) is 5. The van der Waals surface area contributed by atoms with Crippen LogP contribution in [-0.4, -0.2) is 76.3 Å². The maximum Gasteiger partial charge on any atom is 0.230 e. The van der Waals surface area contributed by atoms with Crippen molar-refractivity contribution < 1.29 is 9.53 Å². The molecule has 0 aromatic carbocycles. The summed E-state index contributed by atoms with van der Waals surface area (Å²) in [5.74, 6) is 1.27. The van der Waals surface area contributed by atoms with Gasteiger partial charge in [0, 0.05) is 32.2 Å². The standard InChI is InChI=1S/C13H21N5O2/c1-10-7-18(13(19)6-12-14-9-15-16-12)8-11(10)17-2-4-20-5-3-17/h9-11H,2-8H2,1H3,(H,14,15,16). The van der Waals surface area contributed by atoms with Gasteiger partial charge in [0.2, 0.25) is 5.91 Å². The van der Waals surface area contributed by atoms with Crippen LogP contribution in [0.15, 0.2) is 6.33 Å². The normalized spacial score (nSPS) is 27.9. The highest BCUT2D eigenvalue weighted by Gasteiger charge is 2.36. The van der Waals surface area contributed by atoms with Crippen LogP contribution >= 0.6 is 0 Å². The Bertz CT molecular complexity index is 444. The Hall–Kier alpha value is -1.47. The van der Waals surface area contributed by atoms with Crippen LogP contribution in [0.3, 0.4) is 0 Å². The lowest BCUT2D eigenvalue weighted by molar-refractivity contribution is -0.129. The minimum atomic E-state index is 0.129. The Morgan fingerprint density at radius 1 is 1.45 bits per heavy atom. The molecule has 2 aliphatic rings. The molecule has 2 unspecified atom stereocenters. The quantitative estimate of drug-likeness (QED) is 0.809. The van der Waals surface area contributed by atoms with Gasteiger partial charge in [0.15, 0.2) is 0 Å². The number of aromatic nitrogens is 3. The van der Waals surface area contributed by atoms with Gasteiger partial charge in [-0.25, -0.2) is 4.98 Å². The lowest BCUT2D eigenvalue weighted by Gasteiger charge is -2.33. The van der Waals surface area contributed by atoms with Gasteiger partial charge in [-0.3, -0.25) is 14.8 Å². The van der Waals surface area contributed by atoms with Crippen molar-refractivity contribution in [3.63, 3.8) is 0 Å². The summed E-state index contributed by atoms with van der Waals surface area (Å²) in [6, 6.07) is 0.456. The zero-order valence-electron chi connectivity index (χ0n) is 11.8. The molecule has 0 aliphatic carbocycles. The van der Waals surface area contributed by atoms with Gasteiger partial charge < -0.3 is 9.64 Å². The molecule has 2 atom stereocenters. The van der Waals surface area contributed by atoms with Gasteiger partial charge in [0.05, 0.1) is 19.6 Å². The van der Waals surface area contributed by atoms with Crippen molar-refractivity contribution in [2.45, 2.75) is 19.4 Å². The molecular formula is C13H21N5O2. The summed E-state index contributed by atoms with van der Waals surface area (Å²) in [5, 5.41) is 6.52. The van der Waals surface area contributed by atoms with Crippen molar-refractivity contribution in [2.75, 3.05) is 39.4 Å². The van der Waals surface area contributed by atoms with Crippen molar-refractivity contribution in [3.8, 4) is 0 Å². The Kier molecular flexibility index (Phi) is 3.98. The van der Waals surface area contributed by atoms with Crippen LogP contribution in [0.5, 0.6) is 0 Å². The van der Waals surface area contributed by atoms with Gasteiger partial charge in [-0.1, -0.05) is 6.92 Å². The Labute approximate surface area is 118 Å². The average Bonchev–Trinajstić information content (AvgIpc) is 3.09. The average molecular weight is 279 g/mol. The number of aromatic amines is 1. The van der Waals surface area contributed by atoms with E-state index >= 15 is 0 Å². The molecule has 1 N–H and O–H groups in total. The van der Waals surface area contributed by atoms with Gasteiger partial charge in [-0.15, -0.1) is 0 Å². The number of likely N-dealkylation sites (tertiary alicyclic amines) is 1. The SMILES string of the molecule is CC1CN(C(=O)Cc2ncn[nH]2)CC1N1CCOCC1. The van der Waals surface area contributed by atoms with E-state index in [-0.39, 0.29) is 5.91 Å². The van der Waals surface area contributed by atoms with Crippen molar-refractivity contribution in [2.24, 2.45) is 5.92 Å². The first-order valence-corrected chi connectivity index (χ1v) is 7.18. The third-order valence-electron chi connectivity index (χ3n) is 4.22. The lowest BCUT2D eigenvalue weighted by Crippen LogP contribution is -2.47. The third-order valence-corrected chi connectivity index (χ3v) is 4.22. The fraction of sp³-hybridized carbons (Fsp3) is 0.769. The topological polar surface area (TPSA) is 74.4 Å². The van der Waals surface area contributed by atoms with E-state index in [1.54, 1.807) is 0 Å². The maximum absolute atomic E-state index is 12.3. The summed E-state index contributed by atoms with van der Waals surface area (Å²) in [7, 11) is 0. The first-order valence-electron chi connectivity index (χ1n) is 7.18. The number of carbonyl (C=O) groups excluding carboxylic acids is 1. The van der Waals surface area contributed by atoms with Crippen LogP contribution in [0.4, 0.5) is 0 Å².